The van der Waals surface area contributed by atoms with Crippen LogP contribution < -0.4 is 14.8 Å². The molecule has 1 rings (SSSR count). The van der Waals surface area contributed by atoms with Crippen LogP contribution in [0.1, 0.15) is 34.1 Å². The van der Waals surface area contributed by atoms with E-state index in [1.807, 2.05) is 13.8 Å². The van der Waals surface area contributed by atoms with Crippen molar-refractivity contribution in [1.82, 2.24) is 10.0 Å². The Balaban J connectivity index is 2.86. The Morgan fingerprint density at radius 2 is 1.96 bits per heavy atom. The summed E-state index contributed by atoms with van der Waals surface area (Å²) in [5.41, 5.74) is 0. The predicted octanol–water partition coefficient (Wildman–Crippen LogP) is 2.32. The third kappa shape index (κ3) is 5.67. The molecule has 6 nitrogen and oxygen atoms in total. The van der Waals surface area contributed by atoms with Gasteiger partial charge in [0.25, 0.3) is 0 Å². The average molecular weight is 363 g/mol. The summed E-state index contributed by atoms with van der Waals surface area (Å²) in [5.74, 6) is 0.0376. The molecule has 130 valence electrons. The highest BCUT2D eigenvalue weighted by atomic mass is 35.5. The first-order valence-electron chi connectivity index (χ1n) is 7.46. The lowest BCUT2D eigenvalue weighted by atomic mass is 10.2. The van der Waals surface area contributed by atoms with Crippen molar-refractivity contribution in [2.24, 2.45) is 0 Å². The Hall–Kier alpha value is -1.31. The number of benzene rings is 1. The maximum atomic E-state index is 12.3. The molecular weight excluding hydrogens is 340 g/mol. The van der Waals surface area contributed by atoms with Crippen molar-refractivity contribution in [2.45, 2.75) is 51.1 Å². The Morgan fingerprint density at radius 1 is 1.30 bits per heavy atom. The quantitative estimate of drug-likeness (QED) is 0.743. The molecule has 0 bridgehead atoms. The van der Waals surface area contributed by atoms with E-state index in [9.17, 15) is 13.2 Å². The van der Waals surface area contributed by atoms with Gasteiger partial charge in [-0.25, -0.2) is 8.42 Å². The van der Waals surface area contributed by atoms with E-state index in [1.54, 1.807) is 6.92 Å². The molecule has 0 aliphatic rings. The monoisotopic (exact) mass is 362 g/mol. The van der Waals surface area contributed by atoms with E-state index in [2.05, 4.69) is 10.0 Å². The topological polar surface area (TPSA) is 84.5 Å². The maximum absolute atomic E-state index is 12.3. The number of halogens is 1. The minimum absolute atomic E-state index is 0.0191. The lowest BCUT2D eigenvalue weighted by Crippen LogP contribution is -2.47. The number of ether oxygens (including phenoxy) is 1. The van der Waals surface area contributed by atoms with Gasteiger partial charge in [0.1, 0.15) is 5.75 Å². The first-order valence-corrected chi connectivity index (χ1v) is 9.32. The van der Waals surface area contributed by atoms with Gasteiger partial charge in [-0.15, -0.1) is 0 Å². The van der Waals surface area contributed by atoms with Gasteiger partial charge in [-0.3, -0.25) is 4.79 Å². The van der Waals surface area contributed by atoms with Crippen LogP contribution in [0.4, 0.5) is 0 Å². The fraction of sp³-hybridized carbons (Fsp3) is 0.533. The second-order valence-electron chi connectivity index (χ2n) is 5.19. The second kappa shape index (κ2) is 8.52. The Kier molecular flexibility index (Phi) is 7.31. The van der Waals surface area contributed by atoms with Crippen LogP contribution in [0.2, 0.25) is 5.02 Å². The highest BCUT2D eigenvalue weighted by Gasteiger charge is 2.23. The summed E-state index contributed by atoms with van der Waals surface area (Å²) >= 11 is 6.00. The van der Waals surface area contributed by atoms with Crippen molar-refractivity contribution in [3.63, 3.8) is 0 Å². The number of rotatable bonds is 8. The highest BCUT2D eigenvalue weighted by Crippen LogP contribution is 2.27. The highest BCUT2D eigenvalue weighted by molar-refractivity contribution is 7.89. The number of amides is 1. The summed E-state index contributed by atoms with van der Waals surface area (Å²) in [4.78, 5) is 11.9. The molecule has 0 radical (unpaired) electrons. The average Bonchev–Trinajstić information content (AvgIpc) is 2.48. The van der Waals surface area contributed by atoms with E-state index in [0.29, 0.717) is 12.4 Å². The summed E-state index contributed by atoms with van der Waals surface area (Å²) in [6.45, 7) is 7.51. The SMILES string of the molecule is CCOc1ccc(S(=O)(=O)N[C@@H](C)C(=O)N[C@H](C)CC)cc1Cl. The zero-order valence-corrected chi connectivity index (χ0v) is 15.3. The third-order valence-corrected chi connectivity index (χ3v) is 5.07. The van der Waals surface area contributed by atoms with E-state index < -0.39 is 16.1 Å². The van der Waals surface area contributed by atoms with Crippen LogP contribution in [0.25, 0.3) is 0 Å². The molecule has 0 unspecified atom stereocenters. The number of sulfonamides is 1. The lowest BCUT2D eigenvalue weighted by molar-refractivity contribution is -0.122. The van der Waals surface area contributed by atoms with E-state index in [4.69, 9.17) is 16.3 Å². The zero-order valence-electron chi connectivity index (χ0n) is 13.7. The van der Waals surface area contributed by atoms with Gasteiger partial charge in [0.05, 0.1) is 22.6 Å². The molecule has 0 saturated carbocycles. The molecule has 2 atom stereocenters. The van der Waals surface area contributed by atoms with E-state index in [1.165, 1.54) is 25.1 Å². The number of hydrogen-bond donors (Lipinski definition) is 2. The van der Waals surface area contributed by atoms with E-state index in [-0.39, 0.29) is 21.9 Å². The number of carbonyl (C=O) groups excluding carboxylic acids is 1. The molecule has 1 aromatic carbocycles. The minimum atomic E-state index is -3.85. The Labute approximate surface area is 142 Å². The summed E-state index contributed by atoms with van der Waals surface area (Å²) in [6.07, 6.45) is 0.764. The standard InChI is InChI=1S/C15H23ClN2O4S/c1-5-10(3)17-15(19)11(4)18-23(20,21)12-7-8-14(22-6-2)13(16)9-12/h7-11,18H,5-6H2,1-4H3,(H,17,19)/t10-,11+/m1/s1. The largest absolute Gasteiger partial charge is 0.492 e. The van der Waals surface area contributed by atoms with Crippen molar-refractivity contribution in [3.05, 3.63) is 23.2 Å². The van der Waals surface area contributed by atoms with Gasteiger partial charge < -0.3 is 10.1 Å². The van der Waals surface area contributed by atoms with Crippen LogP contribution in [-0.2, 0) is 14.8 Å². The molecule has 0 aliphatic carbocycles. The molecule has 0 saturated heterocycles. The molecule has 23 heavy (non-hydrogen) atoms. The smallest absolute Gasteiger partial charge is 0.241 e. The second-order valence-corrected chi connectivity index (χ2v) is 7.31. The van der Waals surface area contributed by atoms with E-state index in [0.717, 1.165) is 6.42 Å². The molecule has 1 amide bonds. The molecule has 0 aromatic heterocycles. The van der Waals surface area contributed by atoms with Gasteiger partial charge in [0.2, 0.25) is 15.9 Å². The fourth-order valence-corrected chi connectivity index (χ4v) is 3.27. The van der Waals surface area contributed by atoms with Crippen molar-refractivity contribution in [3.8, 4) is 5.75 Å². The molecular formula is C15H23ClN2O4S. The lowest BCUT2D eigenvalue weighted by Gasteiger charge is -2.17. The summed E-state index contributed by atoms with van der Waals surface area (Å²) < 4.78 is 32.3. The normalized spacial score (nSPS) is 14.1. The molecule has 0 aliphatic heterocycles. The summed E-state index contributed by atoms with van der Waals surface area (Å²) in [7, 11) is -3.85. The van der Waals surface area contributed by atoms with E-state index >= 15 is 0 Å². The molecule has 8 heteroatoms. The molecule has 0 spiro atoms. The van der Waals surface area contributed by atoms with Crippen LogP contribution in [0.5, 0.6) is 5.75 Å². The molecule has 0 heterocycles. The van der Waals surface area contributed by atoms with Gasteiger partial charge in [-0.1, -0.05) is 18.5 Å². The van der Waals surface area contributed by atoms with Crippen LogP contribution in [-0.4, -0.2) is 33.0 Å². The molecule has 0 fully saturated rings. The van der Waals surface area contributed by atoms with Crippen LogP contribution in [0.3, 0.4) is 0 Å². The summed E-state index contributed by atoms with van der Waals surface area (Å²) in [6, 6.07) is 3.27. The van der Waals surface area contributed by atoms with Crippen molar-refractivity contribution >= 4 is 27.5 Å². The number of nitrogens with one attached hydrogen (secondary N) is 2. The van der Waals surface area contributed by atoms with Crippen molar-refractivity contribution in [1.29, 1.82) is 0 Å². The van der Waals surface area contributed by atoms with Gasteiger partial charge >= 0.3 is 0 Å². The van der Waals surface area contributed by atoms with Crippen molar-refractivity contribution < 1.29 is 17.9 Å². The van der Waals surface area contributed by atoms with Gasteiger partial charge in [0, 0.05) is 6.04 Å². The number of carbonyl (C=O) groups is 1. The van der Waals surface area contributed by atoms with Crippen LogP contribution >= 0.6 is 11.6 Å². The first-order chi connectivity index (χ1) is 10.7. The van der Waals surface area contributed by atoms with Gasteiger partial charge in [-0.2, -0.15) is 4.72 Å². The van der Waals surface area contributed by atoms with Gasteiger partial charge in [-0.05, 0) is 45.4 Å². The van der Waals surface area contributed by atoms with Gasteiger partial charge in [0.15, 0.2) is 0 Å². The maximum Gasteiger partial charge on any atom is 0.241 e. The Bertz CT molecular complexity index is 649. The molecule has 1 aromatic rings. The minimum Gasteiger partial charge on any atom is -0.492 e. The fourth-order valence-electron chi connectivity index (χ4n) is 1.75. The van der Waals surface area contributed by atoms with Crippen LogP contribution in [0, 0.1) is 0 Å². The summed E-state index contributed by atoms with van der Waals surface area (Å²) in [5, 5.41) is 2.93. The van der Waals surface area contributed by atoms with Crippen molar-refractivity contribution in [2.75, 3.05) is 6.61 Å². The Morgan fingerprint density at radius 3 is 2.48 bits per heavy atom. The molecule has 2 N–H and O–H groups in total. The zero-order chi connectivity index (χ0) is 17.6. The number of hydrogen-bond acceptors (Lipinski definition) is 4. The third-order valence-electron chi connectivity index (χ3n) is 3.24. The van der Waals surface area contributed by atoms with Crippen LogP contribution in [0.15, 0.2) is 23.1 Å². The first kappa shape index (κ1) is 19.7. The predicted molar refractivity (Wildman–Crippen MR) is 90.3 cm³/mol.